The van der Waals surface area contributed by atoms with Gasteiger partial charge in [0.1, 0.15) is 6.10 Å². The molecule has 0 saturated heterocycles. The molecule has 196 valence electrons. The van der Waals surface area contributed by atoms with E-state index in [1.165, 1.54) is 16.8 Å². The number of nitrogens with two attached hydrogens (primary N) is 1. The van der Waals surface area contributed by atoms with Crippen molar-refractivity contribution in [1.82, 2.24) is 25.0 Å². The van der Waals surface area contributed by atoms with Crippen molar-refractivity contribution in [2.75, 3.05) is 11.9 Å². The van der Waals surface area contributed by atoms with Gasteiger partial charge in [-0.05, 0) is 55.3 Å². The van der Waals surface area contributed by atoms with Crippen molar-refractivity contribution < 1.29 is 33.3 Å². The van der Waals surface area contributed by atoms with Gasteiger partial charge < -0.3 is 26.4 Å². The largest absolute Gasteiger partial charge is 0.465 e. The number of primary amides is 1. The Hall–Kier alpha value is -3.17. The number of halogens is 3. The van der Waals surface area contributed by atoms with E-state index in [4.69, 9.17) is 9.90 Å². The van der Waals surface area contributed by atoms with Crippen LogP contribution in [0.3, 0.4) is 0 Å². The first-order valence-electron chi connectivity index (χ1n) is 11.1. The van der Waals surface area contributed by atoms with E-state index in [2.05, 4.69) is 38.3 Å². The molecule has 6 N–H and O–H groups in total. The molecule has 1 aromatic carbocycles. The van der Waals surface area contributed by atoms with Crippen LogP contribution in [0.4, 0.5) is 23.8 Å². The van der Waals surface area contributed by atoms with Crippen LogP contribution in [0.5, 0.6) is 0 Å². The summed E-state index contributed by atoms with van der Waals surface area (Å²) in [4.78, 5) is 18.4. The topological polar surface area (TPSA) is 172 Å². The molecule has 1 amide bonds. The molecule has 15 heteroatoms. The first kappa shape index (κ1) is 27.4. The lowest BCUT2D eigenvalue weighted by molar-refractivity contribution is -0.137. The van der Waals surface area contributed by atoms with Crippen molar-refractivity contribution in [3.63, 3.8) is 0 Å². The van der Waals surface area contributed by atoms with Gasteiger partial charge >= 0.3 is 12.3 Å². The predicted molar refractivity (Wildman–Crippen MR) is 125 cm³/mol. The molecular weight excluding hydrogens is 503 g/mol. The summed E-state index contributed by atoms with van der Waals surface area (Å²) >= 11 is 1.12. The van der Waals surface area contributed by atoms with E-state index < -0.39 is 36.1 Å². The lowest BCUT2D eigenvalue weighted by Gasteiger charge is -2.16. The van der Waals surface area contributed by atoms with Gasteiger partial charge in [0.05, 0.1) is 17.7 Å². The van der Waals surface area contributed by atoms with Crippen LogP contribution >= 0.6 is 11.8 Å². The highest BCUT2D eigenvalue weighted by Crippen LogP contribution is 2.35. The smallest absolute Gasteiger partial charge is 0.416 e. The molecule has 2 aromatic heterocycles. The van der Waals surface area contributed by atoms with Crippen LogP contribution in [0.1, 0.15) is 44.2 Å². The summed E-state index contributed by atoms with van der Waals surface area (Å²) < 4.78 is 40.0. The van der Waals surface area contributed by atoms with Gasteiger partial charge in [-0.25, -0.2) is 19.4 Å². The number of nitrogens with zero attached hydrogens (tertiary/aromatic N) is 5. The number of carbonyl (C=O) groups is 1. The summed E-state index contributed by atoms with van der Waals surface area (Å²) in [6.45, 7) is 2.72. The molecule has 3 atom stereocenters. The van der Waals surface area contributed by atoms with Crippen LogP contribution in [0.2, 0.25) is 0 Å². The zero-order chi connectivity index (χ0) is 26.5. The number of hydrogen-bond donors (Lipinski definition) is 5. The molecule has 1 aliphatic rings. The number of nitrogens with one attached hydrogen (secondary N) is 1. The monoisotopic (exact) mass is 529 g/mol. The standard InChI is InChI=1S/C20H23F3N6O2S.CH3NO2/c1-2-3-10-24-17-15-18(29(28-27-15)13-8-9-14(30)16(13)31)26-19(25-17)32-12-6-4-11(5-7-12)20(21,22)23;2-1(3)4/h4-7,13-14,16,30-31H,2-3,8-10H2,1H3,(H,24,25,26);2H2,(H,3,4)/t13-,14-,16+;/m1./s1. The van der Waals surface area contributed by atoms with Gasteiger partial charge in [-0.2, -0.15) is 13.2 Å². The van der Waals surface area contributed by atoms with E-state index >= 15 is 0 Å². The third kappa shape index (κ3) is 6.73. The Kier molecular flexibility index (Phi) is 8.92. The van der Waals surface area contributed by atoms with Crippen LogP contribution in [-0.4, -0.2) is 65.1 Å². The molecule has 4 rings (SSSR count). The molecule has 0 aliphatic heterocycles. The van der Waals surface area contributed by atoms with Gasteiger partial charge in [-0.1, -0.05) is 18.6 Å². The fraction of sp³-hybridized carbons (Fsp3) is 0.476. The van der Waals surface area contributed by atoms with Crippen molar-refractivity contribution in [2.24, 2.45) is 5.73 Å². The van der Waals surface area contributed by atoms with Crippen molar-refractivity contribution in [3.05, 3.63) is 29.8 Å². The maximum atomic E-state index is 12.8. The van der Waals surface area contributed by atoms with E-state index in [9.17, 15) is 23.4 Å². The van der Waals surface area contributed by atoms with Crippen LogP contribution in [0, 0.1) is 0 Å². The van der Waals surface area contributed by atoms with Gasteiger partial charge in [0.2, 0.25) is 0 Å². The number of anilines is 1. The number of unbranched alkanes of at least 4 members (excludes halogenated alkanes) is 1. The molecule has 36 heavy (non-hydrogen) atoms. The lowest BCUT2D eigenvalue weighted by atomic mass is 10.2. The van der Waals surface area contributed by atoms with Gasteiger partial charge in [0, 0.05) is 11.4 Å². The van der Waals surface area contributed by atoms with Crippen molar-refractivity contribution in [3.8, 4) is 0 Å². The number of aliphatic hydroxyl groups excluding tert-OH is 2. The number of rotatable bonds is 7. The SMILES string of the molecule is CCCCNc1nc(Sc2ccc(C(F)(F)F)cc2)nc2c1nnn2[C@@H]1CC[C@@H](O)[C@H]1O.NC(=O)O. The summed E-state index contributed by atoms with van der Waals surface area (Å²) in [5.74, 6) is 0.470. The van der Waals surface area contributed by atoms with E-state index in [-0.39, 0.29) is 0 Å². The van der Waals surface area contributed by atoms with Crippen molar-refractivity contribution >= 4 is 34.8 Å². The summed E-state index contributed by atoms with van der Waals surface area (Å²) in [6.07, 6.45) is -4.72. The van der Waals surface area contributed by atoms with Crippen LogP contribution in [0.15, 0.2) is 34.3 Å². The van der Waals surface area contributed by atoms with Crippen molar-refractivity contribution in [2.45, 2.75) is 67.1 Å². The average Bonchev–Trinajstić information content (AvgIpc) is 3.36. The second-order valence-corrected chi connectivity index (χ2v) is 9.05. The highest BCUT2D eigenvalue weighted by molar-refractivity contribution is 7.99. The summed E-state index contributed by atoms with van der Waals surface area (Å²) in [7, 11) is 0. The Morgan fingerprint density at radius 1 is 1.22 bits per heavy atom. The van der Waals surface area contributed by atoms with Gasteiger partial charge in [-0.15, -0.1) is 5.10 Å². The lowest BCUT2D eigenvalue weighted by Crippen LogP contribution is -2.28. The molecule has 0 radical (unpaired) electrons. The quantitative estimate of drug-likeness (QED) is 0.226. The minimum Gasteiger partial charge on any atom is -0.465 e. The molecular formula is C21H26F3N7O4S. The number of aliphatic hydroxyl groups is 2. The second kappa shape index (κ2) is 11.7. The summed E-state index contributed by atoms with van der Waals surface area (Å²) in [6, 6.07) is 4.31. The minimum atomic E-state index is -4.40. The maximum absolute atomic E-state index is 12.8. The van der Waals surface area contributed by atoms with E-state index in [0.29, 0.717) is 46.4 Å². The first-order valence-corrected chi connectivity index (χ1v) is 11.9. The molecule has 1 fully saturated rings. The van der Waals surface area contributed by atoms with E-state index in [1.54, 1.807) is 0 Å². The average molecular weight is 530 g/mol. The van der Waals surface area contributed by atoms with E-state index in [0.717, 1.165) is 36.7 Å². The summed E-state index contributed by atoms with van der Waals surface area (Å²) in [5.41, 5.74) is 4.13. The van der Waals surface area contributed by atoms with Crippen LogP contribution in [0.25, 0.3) is 11.2 Å². The number of hydrogen-bond acceptors (Lipinski definition) is 9. The molecule has 11 nitrogen and oxygen atoms in total. The van der Waals surface area contributed by atoms with Crippen LogP contribution in [-0.2, 0) is 6.18 Å². The molecule has 3 aromatic rings. The highest BCUT2D eigenvalue weighted by atomic mass is 32.2. The Labute approximate surface area is 207 Å². The van der Waals surface area contributed by atoms with Gasteiger partial charge in [0.25, 0.3) is 0 Å². The zero-order valence-electron chi connectivity index (χ0n) is 19.2. The number of fused-ring (bicyclic) bond motifs is 1. The predicted octanol–water partition coefficient (Wildman–Crippen LogP) is 3.28. The van der Waals surface area contributed by atoms with Gasteiger partial charge in [-0.3, -0.25) is 0 Å². The number of amides is 1. The first-order chi connectivity index (χ1) is 17.0. The Bertz CT molecular complexity index is 1170. The molecule has 0 bridgehead atoms. The van der Waals surface area contributed by atoms with Crippen LogP contribution < -0.4 is 11.1 Å². The number of benzene rings is 1. The molecule has 0 unspecified atom stereocenters. The Balaban J connectivity index is 0.000000840. The molecule has 1 saturated carbocycles. The Morgan fingerprint density at radius 3 is 2.44 bits per heavy atom. The van der Waals surface area contributed by atoms with Gasteiger partial charge in [0.15, 0.2) is 22.1 Å². The normalized spacial score (nSPS) is 19.7. The summed E-state index contributed by atoms with van der Waals surface area (Å²) in [5, 5.41) is 39.3. The van der Waals surface area contributed by atoms with E-state index in [1.807, 2.05) is 0 Å². The minimum absolute atomic E-state index is 0.313. The zero-order valence-corrected chi connectivity index (χ0v) is 20.0. The molecule has 2 heterocycles. The second-order valence-electron chi connectivity index (χ2n) is 8.01. The fourth-order valence-corrected chi connectivity index (χ4v) is 4.36. The van der Waals surface area contributed by atoms with Crippen molar-refractivity contribution in [1.29, 1.82) is 0 Å². The Morgan fingerprint density at radius 2 is 1.89 bits per heavy atom. The fourth-order valence-electron chi connectivity index (χ4n) is 3.61. The number of aromatic nitrogens is 5. The molecule has 1 aliphatic carbocycles. The highest BCUT2D eigenvalue weighted by Gasteiger charge is 2.37. The third-order valence-electron chi connectivity index (χ3n) is 5.38. The number of alkyl halides is 3. The maximum Gasteiger partial charge on any atom is 0.416 e. The number of carboxylic acid groups (broad SMARTS) is 1. The molecule has 0 spiro atoms. The third-order valence-corrected chi connectivity index (χ3v) is 6.25.